The third-order valence-electron chi connectivity index (χ3n) is 2.89. The van der Waals surface area contributed by atoms with Crippen LogP contribution in [0, 0.1) is 18.3 Å². The second-order valence-electron chi connectivity index (χ2n) is 4.26. The minimum atomic E-state index is -0.278. The van der Waals surface area contributed by atoms with Gasteiger partial charge in [0.1, 0.15) is 0 Å². The zero-order valence-corrected chi connectivity index (χ0v) is 9.16. The van der Waals surface area contributed by atoms with Crippen LogP contribution >= 0.6 is 0 Å². The van der Waals surface area contributed by atoms with Gasteiger partial charge in [-0.1, -0.05) is 29.8 Å². The highest BCUT2D eigenvalue weighted by Crippen LogP contribution is 2.47. The van der Waals surface area contributed by atoms with E-state index >= 15 is 0 Å². The largest absolute Gasteiger partial charge is 0.370 e. The third-order valence-corrected chi connectivity index (χ3v) is 2.89. The monoisotopic (exact) mass is 217 g/mol. The van der Waals surface area contributed by atoms with Crippen LogP contribution in [-0.2, 0) is 4.79 Å². The lowest BCUT2D eigenvalue weighted by Gasteiger charge is -2.02. The van der Waals surface area contributed by atoms with Crippen LogP contribution in [0.25, 0.3) is 0 Å². The van der Waals surface area contributed by atoms with Gasteiger partial charge < -0.3 is 5.73 Å². The quantitative estimate of drug-likeness (QED) is 0.512. The van der Waals surface area contributed by atoms with E-state index in [4.69, 9.17) is 11.1 Å². The smallest absolute Gasteiger partial charge is 0.230 e. The normalized spacial score (nSPS) is 22.6. The van der Waals surface area contributed by atoms with Gasteiger partial charge in [0.25, 0.3) is 0 Å². The summed E-state index contributed by atoms with van der Waals surface area (Å²) in [6, 6.07) is 8.21. The second-order valence-corrected chi connectivity index (χ2v) is 4.26. The fraction of sp³-hybridized carbons (Fsp3) is 0.333. The van der Waals surface area contributed by atoms with Gasteiger partial charge >= 0.3 is 0 Å². The molecule has 1 fully saturated rings. The highest BCUT2D eigenvalue weighted by Gasteiger charge is 2.43. The lowest BCUT2D eigenvalue weighted by atomic mass is 10.1. The minimum absolute atomic E-state index is 0.0217. The maximum absolute atomic E-state index is 11.5. The summed E-state index contributed by atoms with van der Waals surface area (Å²) in [6.07, 6.45) is 0.849. The van der Waals surface area contributed by atoms with Gasteiger partial charge in [0.15, 0.2) is 5.96 Å². The SMILES string of the molecule is Cc1ccc(C2CC2C(=O)NC(=N)N)cc1. The van der Waals surface area contributed by atoms with Crippen molar-refractivity contribution < 1.29 is 4.79 Å². The van der Waals surface area contributed by atoms with Crippen molar-refractivity contribution in [2.24, 2.45) is 11.7 Å². The molecule has 0 spiro atoms. The summed E-state index contributed by atoms with van der Waals surface area (Å²) in [5, 5.41) is 9.33. The van der Waals surface area contributed by atoms with Crippen LogP contribution in [0.4, 0.5) is 0 Å². The second kappa shape index (κ2) is 3.96. The summed E-state index contributed by atoms with van der Waals surface area (Å²) >= 11 is 0. The Balaban J connectivity index is 1.98. The summed E-state index contributed by atoms with van der Waals surface area (Å²) in [5.41, 5.74) is 7.52. The molecule has 0 bridgehead atoms. The Hall–Kier alpha value is -1.84. The van der Waals surface area contributed by atoms with Crippen LogP contribution in [0.5, 0.6) is 0 Å². The first-order valence-electron chi connectivity index (χ1n) is 5.29. The van der Waals surface area contributed by atoms with Crippen molar-refractivity contribution in [2.45, 2.75) is 19.3 Å². The number of nitrogens with two attached hydrogens (primary N) is 1. The lowest BCUT2D eigenvalue weighted by Crippen LogP contribution is -2.36. The number of amides is 1. The van der Waals surface area contributed by atoms with Crippen molar-refractivity contribution in [1.29, 1.82) is 5.41 Å². The number of carbonyl (C=O) groups is 1. The van der Waals surface area contributed by atoms with Gasteiger partial charge in [-0.3, -0.25) is 15.5 Å². The first-order chi connectivity index (χ1) is 7.58. The molecule has 4 heteroatoms. The Labute approximate surface area is 94.4 Å². The topological polar surface area (TPSA) is 79.0 Å². The van der Waals surface area contributed by atoms with Crippen molar-refractivity contribution in [2.75, 3.05) is 0 Å². The highest BCUT2D eigenvalue weighted by atomic mass is 16.2. The Bertz CT molecular complexity index is 424. The molecule has 0 aromatic heterocycles. The molecular weight excluding hydrogens is 202 g/mol. The van der Waals surface area contributed by atoms with Crippen LogP contribution in [0.2, 0.25) is 0 Å². The molecule has 0 heterocycles. The number of aryl methyl sites for hydroxylation is 1. The van der Waals surface area contributed by atoms with Crippen LogP contribution < -0.4 is 11.1 Å². The van der Waals surface area contributed by atoms with E-state index in [0.717, 1.165) is 6.42 Å². The number of rotatable bonds is 2. The fourth-order valence-electron chi connectivity index (χ4n) is 1.89. The highest BCUT2D eigenvalue weighted by molar-refractivity contribution is 5.97. The van der Waals surface area contributed by atoms with Gasteiger partial charge in [0.05, 0.1) is 0 Å². The van der Waals surface area contributed by atoms with Gasteiger partial charge in [0.2, 0.25) is 5.91 Å². The number of guanidine groups is 1. The number of carbonyl (C=O) groups excluding carboxylic acids is 1. The molecule has 0 radical (unpaired) electrons. The standard InChI is InChI=1S/C12H15N3O/c1-7-2-4-8(5-3-7)9-6-10(9)11(16)15-12(13)14/h2-5,9-10H,6H2,1H3,(H4,13,14,15,16). The summed E-state index contributed by atoms with van der Waals surface area (Å²) in [7, 11) is 0. The van der Waals surface area contributed by atoms with E-state index in [1.54, 1.807) is 0 Å². The molecule has 1 aromatic rings. The van der Waals surface area contributed by atoms with E-state index in [1.807, 2.05) is 19.1 Å². The zero-order valence-electron chi connectivity index (χ0n) is 9.16. The van der Waals surface area contributed by atoms with E-state index in [1.165, 1.54) is 11.1 Å². The Morgan fingerprint density at radius 2 is 2.06 bits per heavy atom. The lowest BCUT2D eigenvalue weighted by molar-refractivity contribution is -0.121. The Kier molecular flexibility index (Phi) is 2.64. The summed E-state index contributed by atoms with van der Waals surface area (Å²) in [4.78, 5) is 11.5. The summed E-state index contributed by atoms with van der Waals surface area (Å²) in [6.45, 7) is 2.04. The molecule has 4 nitrogen and oxygen atoms in total. The molecule has 1 aliphatic rings. The van der Waals surface area contributed by atoms with E-state index in [0.29, 0.717) is 5.92 Å². The van der Waals surface area contributed by atoms with E-state index < -0.39 is 0 Å². The van der Waals surface area contributed by atoms with Crippen LogP contribution in [0.1, 0.15) is 23.5 Å². The van der Waals surface area contributed by atoms with Gasteiger partial charge in [-0.05, 0) is 24.8 Å². The van der Waals surface area contributed by atoms with Gasteiger partial charge in [-0.2, -0.15) is 0 Å². The maximum atomic E-state index is 11.5. The molecule has 4 N–H and O–H groups in total. The molecule has 2 rings (SSSR count). The molecular formula is C12H15N3O. The molecule has 1 aliphatic carbocycles. The predicted octanol–water partition coefficient (Wildman–Crippen LogP) is 1.11. The Morgan fingerprint density at radius 3 is 2.62 bits per heavy atom. The number of benzene rings is 1. The average molecular weight is 217 g/mol. The van der Waals surface area contributed by atoms with Gasteiger partial charge in [-0.15, -0.1) is 0 Å². The zero-order chi connectivity index (χ0) is 11.7. The van der Waals surface area contributed by atoms with Crippen molar-refractivity contribution in [3.05, 3.63) is 35.4 Å². The predicted molar refractivity (Wildman–Crippen MR) is 62.1 cm³/mol. The molecule has 2 atom stereocenters. The van der Waals surface area contributed by atoms with Gasteiger partial charge in [-0.25, -0.2) is 0 Å². The van der Waals surface area contributed by atoms with E-state index in [9.17, 15) is 4.79 Å². The summed E-state index contributed by atoms with van der Waals surface area (Å²) < 4.78 is 0. The maximum Gasteiger partial charge on any atom is 0.230 e. The van der Waals surface area contributed by atoms with Crippen LogP contribution in [0.15, 0.2) is 24.3 Å². The molecule has 84 valence electrons. The van der Waals surface area contributed by atoms with Crippen molar-refractivity contribution in [3.8, 4) is 0 Å². The van der Waals surface area contributed by atoms with E-state index in [2.05, 4.69) is 17.4 Å². The third kappa shape index (κ3) is 2.21. The molecule has 1 saturated carbocycles. The first kappa shape index (κ1) is 10.7. The molecule has 16 heavy (non-hydrogen) atoms. The molecule has 1 aromatic carbocycles. The molecule has 0 saturated heterocycles. The molecule has 2 unspecified atom stereocenters. The Morgan fingerprint density at radius 1 is 1.44 bits per heavy atom. The number of hydrogen-bond donors (Lipinski definition) is 3. The van der Waals surface area contributed by atoms with Gasteiger partial charge in [0, 0.05) is 5.92 Å². The van der Waals surface area contributed by atoms with Crippen LogP contribution in [0.3, 0.4) is 0 Å². The van der Waals surface area contributed by atoms with Crippen molar-refractivity contribution >= 4 is 11.9 Å². The van der Waals surface area contributed by atoms with Crippen molar-refractivity contribution in [1.82, 2.24) is 5.32 Å². The van der Waals surface area contributed by atoms with Crippen molar-refractivity contribution in [3.63, 3.8) is 0 Å². The number of hydrogen-bond acceptors (Lipinski definition) is 2. The molecule has 0 aliphatic heterocycles. The van der Waals surface area contributed by atoms with E-state index in [-0.39, 0.29) is 17.8 Å². The average Bonchev–Trinajstić information content (AvgIpc) is 2.97. The molecule has 1 amide bonds. The summed E-state index contributed by atoms with van der Waals surface area (Å²) in [5.74, 6) is -0.149. The first-order valence-corrected chi connectivity index (χ1v) is 5.29. The fourth-order valence-corrected chi connectivity index (χ4v) is 1.89. The minimum Gasteiger partial charge on any atom is -0.370 e. The van der Waals surface area contributed by atoms with Crippen LogP contribution in [-0.4, -0.2) is 11.9 Å². The number of nitrogens with one attached hydrogen (secondary N) is 2.